The minimum Gasteiger partial charge on any atom is -0.497 e. The van der Waals surface area contributed by atoms with Crippen molar-refractivity contribution in [1.29, 1.82) is 0 Å². The zero-order chi connectivity index (χ0) is 12.4. The summed E-state index contributed by atoms with van der Waals surface area (Å²) in [5.74, 6) is 0.224. The van der Waals surface area contributed by atoms with Crippen molar-refractivity contribution >= 4 is 17.9 Å². The van der Waals surface area contributed by atoms with Gasteiger partial charge in [0.05, 0.1) is 13.0 Å². The van der Waals surface area contributed by atoms with E-state index in [1.165, 1.54) is 11.0 Å². The van der Waals surface area contributed by atoms with E-state index in [1.54, 1.807) is 31.4 Å². The molecule has 0 spiro atoms. The number of aldehydes is 1. The van der Waals surface area contributed by atoms with Crippen molar-refractivity contribution in [2.75, 3.05) is 12.0 Å². The summed E-state index contributed by atoms with van der Waals surface area (Å²) in [5, 5.41) is 0. The quantitative estimate of drug-likeness (QED) is 0.447. The second-order valence-corrected chi connectivity index (χ2v) is 3.79. The van der Waals surface area contributed by atoms with Crippen molar-refractivity contribution in [3.8, 4) is 5.75 Å². The monoisotopic (exact) mass is 231 g/mol. The summed E-state index contributed by atoms with van der Waals surface area (Å²) in [6.45, 7) is 3.56. The van der Waals surface area contributed by atoms with Gasteiger partial charge < -0.3 is 14.4 Å². The zero-order valence-electron chi connectivity index (χ0n) is 9.50. The van der Waals surface area contributed by atoms with Crippen LogP contribution in [0.25, 0.3) is 0 Å². The van der Waals surface area contributed by atoms with E-state index < -0.39 is 12.0 Å². The van der Waals surface area contributed by atoms with Crippen molar-refractivity contribution in [2.24, 2.45) is 5.92 Å². The summed E-state index contributed by atoms with van der Waals surface area (Å²) in [4.78, 5) is 24.2. The highest BCUT2D eigenvalue weighted by atomic mass is 16.5. The molecule has 1 amide bonds. The van der Waals surface area contributed by atoms with Gasteiger partial charge in [0.25, 0.3) is 0 Å². The van der Waals surface area contributed by atoms with Gasteiger partial charge in [0.15, 0.2) is 0 Å². The maximum Gasteiger partial charge on any atom is 0.237 e. The van der Waals surface area contributed by atoms with Crippen molar-refractivity contribution in [3.05, 3.63) is 36.9 Å². The van der Waals surface area contributed by atoms with Gasteiger partial charge in [0.2, 0.25) is 5.91 Å². The van der Waals surface area contributed by atoms with Crippen molar-refractivity contribution in [1.82, 2.24) is 0 Å². The van der Waals surface area contributed by atoms with Crippen LogP contribution in [0.4, 0.5) is 5.69 Å². The summed E-state index contributed by atoms with van der Waals surface area (Å²) in [5.41, 5.74) is 0.700. The van der Waals surface area contributed by atoms with Crippen molar-refractivity contribution in [3.63, 3.8) is 0 Å². The van der Waals surface area contributed by atoms with Crippen LogP contribution in [0, 0.1) is 5.92 Å². The molecule has 0 saturated carbocycles. The van der Waals surface area contributed by atoms with Gasteiger partial charge in [-0.2, -0.15) is 0 Å². The molecule has 88 valence electrons. The number of hydrogen-bond acceptors (Lipinski definition) is 3. The Labute approximate surface area is 99.5 Å². The number of anilines is 1. The minimum atomic E-state index is -0.437. The van der Waals surface area contributed by atoms with E-state index in [1.807, 2.05) is 0 Å². The van der Waals surface area contributed by atoms with Crippen LogP contribution in [0.5, 0.6) is 5.75 Å². The zero-order valence-corrected chi connectivity index (χ0v) is 9.50. The maximum atomic E-state index is 11.8. The fourth-order valence-corrected chi connectivity index (χ4v) is 1.96. The summed E-state index contributed by atoms with van der Waals surface area (Å²) in [7, 11) is 1.58. The van der Waals surface area contributed by atoms with Gasteiger partial charge in [-0.25, -0.2) is 0 Å². The largest absolute Gasteiger partial charge is 0.497 e. The fraction of sp³-hybridized carbons (Fsp3) is 0.231. The number of amides is 1. The standard InChI is InChI=1S/C13H13NO3/c1-3-11-12(8-15)14(13(11)16)9-4-6-10(17-2)7-5-9/h3-8,11-12H,1H2,2H3/t11-,12+/m1/s1. The lowest BCUT2D eigenvalue weighted by molar-refractivity contribution is -0.131. The molecule has 1 aliphatic heterocycles. The third kappa shape index (κ3) is 1.71. The number of ether oxygens (including phenoxy) is 1. The molecule has 1 aromatic carbocycles. The van der Waals surface area contributed by atoms with Gasteiger partial charge >= 0.3 is 0 Å². The maximum absolute atomic E-state index is 11.8. The van der Waals surface area contributed by atoms with Crippen LogP contribution in [0.15, 0.2) is 36.9 Å². The van der Waals surface area contributed by atoms with Gasteiger partial charge in [-0.05, 0) is 24.3 Å². The molecule has 1 heterocycles. The molecule has 0 bridgehead atoms. The Morgan fingerprint density at radius 2 is 2.00 bits per heavy atom. The van der Waals surface area contributed by atoms with E-state index in [0.29, 0.717) is 11.4 Å². The highest BCUT2D eigenvalue weighted by Crippen LogP contribution is 2.33. The molecule has 0 aliphatic carbocycles. The van der Waals surface area contributed by atoms with Crippen molar-refractivity contribution < 1.29 is 14.3 Å². The Morgan fingerprint density at radius 1 is 1.35 bits per heavy atom. The molecule has 4 heteroatoms. The van der Waals surface area contributed by atoms with E-state index in [-0.39, 0.29) is 5.91 Å². The summed E-state index contributed by atoms with van der Waals surface area (Å²) >= 11 is 0. The second kappa shape index (κ2) is 4.41. The lowest BCUT2D eigenvalue weighted by atomic mass is 9.88. The molecule has 4 nitrogen and oxygen atoms in total. The first-order chi connectivity index (χ1) is 8.22. The van der Waals surface area contributed by atoms with Gasteiger partial charge in [-0.3, -0.25) is 4.79 Å². The average Bonchev–Trinajstić information content (AvgIpc) is 2.37. The number of carbonyl (C=O) groups excluding carboxylic acids is 2. The molecule has 0 unspecified atom stereocenters. The molecule has 1 saturated heterocycles. The van der Waals surface area contributed by atoms with E-state index in [2.05, 4.69) is 6.58 Å². The molecule has 17 heavy (non-hydrogen) atoms. The van der Waals surface area contributed by atoms with Crippen LogP contribution in [0.2, 0.25) is 0 Å². The van der Waals surface area contributed by atoms with E-state index in [0.717, 1.165) is 6.29 Å². The molecule has 0 N–H and O–H groups in total. The van der Waals surface area contributed by atoms with Crippen LogP contribution < -0.4 is 9.64 Å². The number of nitrogens with zero attached hydrogens (tertiary/aromatic N) is 1. The SMILES string of the molecule is C=C[C@H]1C(=O)N(c2ccc(OC)cc2)[C@H]1C=O. The molecule has 1 aromatic rings. The summed E-state index contributed by atoms with van der Waals surface area (Å²) in [6, 6.07) is 6.59. The normalized spacial score (nSPS) is 22.9. The van der Waals surface area contributed by atoms with Crippen LogP contribution in [-0.4, -0.2) is 25.3 Å². The van der Waals surface area contributed by atoms with Crippen LogP contribution in [0.1, 0.15) is 0 Å². The fourth-order valence-electron chi connectivity index (χ4n) is 1.96. The summed E-state index contributed by atoms with van der Waals surface area (Å²) in [6.07, 6.45) is 2.29. The number of hydrogen-bond donors (Lipinski definition) is 0. The third-order valence-corrected chi connectivity index (χ3v) is 2.93. The molecule has 0 aromatic heterocycles. The number of methoxy groups -OCH3 is 1. The highest BCUT2D eigenvalue weighted by Gasteiger charge is 2.46. The van der Waals surface area contributed by atoms with Crippen molar-refractivity contribution in [2.45, 2.75) is 6.04 Å². The molecule has 0 radical (unpaired) electrons. The lowest BCUT2D eigenvalue weighted by Crippen LogP contribution is -2.61. The number of rotatable bonds is 4. The van der Waals surface area contributed by atoms with Gasteiger partial charge in [-0.15, -0.1) is 6.58 Å². The number of benzene rings is 1. The molecular weight excluding hydrogens is 218 g/mol. The first kappa shape index (κ1) is 11.4. The first-order valence-corrected chi connectivity index (χ1v) is 5.28. The molecular formula is C13H13NO3. The highest BCUT2D eigenvalue weighted by molar-refractivity contribution is 6.09. The lowest BCUT2D eigenvalue weighted by Gasteiger charge is -2.42. The average molecular weight is 231 g/mol. The Bertz CT molecular complexity index is 452. The number of carbonyl (C=O) groups is 2. The van der Waals surface area contributed by atoms with E-state index >= 15 is 0 Å². The Balaban J connectivity index is 2.24. The smallest absolute Gasteiger partial charge is 0.237 e. The van der Waals surface area contributed by atoms with Gasteiger partial charge in [0.1, 0.15) is 18.1 Å². The first-order valence-electron chi connectivity index (χ1n) is 5.28. The summed E-state index contributed by atoms with van der Waals surface area (Å²) < 4.78 is 5.03. The molecule has 2 rings (SSSR count). The Kier molecular flexibility index (Phi) is 2.95. The topological polar surface area (TPSA) is 46.6 Å². The molecule has 1 fully saturated rings. The Hall–Kier alpha value is -2.10. The third-order valence-electron chi connectivity index (χ3n) is 2.93. The predicted molar refractivity (Wildman–Crippen MR) is 64.0 cm³/mol. The van der Waals surface area contributed by atoms with Gasteiger partial charge in [0, 0.05) is 5.69 Å². The van der Waals surface area contributed by atoms with Crippen LogP contribution >= 0.6 is 0 Å². The van der Waals surface area contributed by atoms with Crippen LogP contribution in [0.3, 0.4) is 0 Å². The molecule has 2 atom stereocenters. The Morgan fingerprint density at radius 3 is 2.47 bits per heavy atom. The van der Waals surface area contributed by atoms with Crippen LogP contribution in [-0.2, 0) is 9.59 Å². The minimum absolute atomic E-state index is 0.0951. The van der Waals surface area contributed by atoms with E-state index in [9.17, 15) is 9.59 Å². The predicted octanol–water partition coefficient (Wildman–Crippen LogP) is 1.41. The second-order valence-electron chi connectivity index (χ2n) is 3.79. The van der Waals surface area contributed by atoms with E-state index in [4.69, 9.17) is 4.74 Å². The molecule has 1 aliphatic rings. The van der Waals surface area contributed by atoms with Gasteiger partial charge in [-0.1, -0.05) is 6.08 Å². The number of β-lactam (4-membered cyclic amide) rings is 1.